The molecule has 5 N–H and O–H groups in total. The summed E-state index contributed by atoms with van der Waals surface area (Å²) in [7, 11) is 0. The van der Waals surface area contributed by atoms with E-state index in [0.29, 0.717) is 0 Å². The van der Waals surface area contributed by atoms with Gasteiger partial charge in [-0.05, 0) is 0 Å². The van der Waals surface area contributed by atoms with Crippen LogP contribution >= 0.6 is 12.4 Å². The summed E-state index contributed by atoms with van der Waals surface area (Å²) < 4.78 is 0. The molecule has 0 heterocycles. The number of aliphatic carboxylic acids is 5. The van der Waals surface area contributed by atoms with Gasteiger partial charge in [-0.15, -0.1) is 12.4 Å². The Bertz CT molecular complexity index is 211. The Labute approximate surface area is 127 Å². The lowest BCUT2D eigenvalue weighted by Crippen LogP contribution is -1.78. The first-order valence-corrected chi connectivity index (χ1v) is 4.64. The molecule has 0 saturated carbocycles. The molecule has 0 aromatic heterocycles. The van der Waals surface area contributed by atoms with E-state index in [9.17, 15) is 0 Å². The topological polar surface area (TPSA) is 186 Å². The quantitative estimate of drug-likeness (QED) is 0.424. The lowest BCUT2D eigenvalue weighted by atomic mass is 10.9. The number of halogens is 1. The molecule has 0 aliphatic carbocycles. The Morgan fingerprint density at radius 2 is 0.429 bits per heavy atom. The van der Waals surface area contributed by atoms with Crippen LogP contribution < -0.4 is 0 Å². The zero-order chi connectivity index (χ0) is 17.9. The van der Waals surface area contributed by atoms with Crippen molar-refractivity contribution in [2.45, 2.75) is 34.6 Å². The predicted molar refractivity (Wildman–Crippen MR) is 73.8 cm³/mol. The Balaban J connectivity index is -0.0000000331. The van der Waals surface area contributed by atoms with Crippen LogP contribution in [0.25, 0.3) is 0 Å². The number of carbonyl (C=O) groups is 5. The van der Waals surface area contributed by atoms with Crippen LogP contribution in [0.5, 0.6) is 0 Å². The molecule has 0 saturated heterocycles. The van der Waals surface area contributed by atoms with E-state index < -0.39 is 29.8 Å². The maximum absolute atomic E-state index is 9.00. The third-order valence-corrected chi connectivity index (χ3v) is 0. The molecular formula is C10H21ClO10. The summed E-state index contributed by atoms with van der Waals surface area (Å²) in [6.45, 7) is 5.42. The van der Waals surface area contributed by atoms with Gasteiger partial charge in [0.1, 0.15) is 0 Å². The summed E-state index contributed by atoms with van der Waals surface area (Å²) in [5.74, 6) is -4.17. The second kappa shape index (κ2) is 30.6. The largest absolute Gasteiger partial charge is 0.481 e. The summed E-state index contributed by atoms with van der Waals surface area (Å²) in [5.41, 5.74) is 0. The van der Waals surface area contributed by atoms with Gasteiger partial charge in [-0.25, -0.2) is 0 Å². The average molecular weight is 337 g/mol. The van der Waals surface area contributed by atoms with Crippen molar-refractivity contribution in [3.05, 3.63) is 0 Å². The number of carboxylic acid groups (broad SMARTS) is 5. The first-order chi connectivity index (χ1) is 8.66. The minimum Gasteiger partial charge on any atom is -0.481 e. The molecule has 11 heteroatoms. The highest BCUT2D eigenvalue weighted by Crippen LogP contribution is 1.43. The molecule has 0 aliphatic heterocycles. The molecule has 0 bridgehead atoms. The van der Waals surface area contributed by atoms with Crippen LogP contribution in [-0.4, -0.2) is 55.4 Å². The van der Waals surface area contributed by atoms with Gasteiger partial charge >= 0.3 is 0 Å². The van der Waals surface area contributed by atoms with Crippen LogP contribution in [0, 0.1) is 0 Å². The van der Waals surface area contributed by atoms with E-state index in [0.717, 1.165) is 34.6 Å². The van der Waals surface area contributed by atoms with E-state index in [2.05, 4.69) is 0 Å². The van der Waals surface area contributed by atoms with Crippen molar-refractivity contribution in [1.29, 1.82) is 0 Å². The third-order valence-electron chi connectivity index (χ3n) is 0. The first-order valence-electron chi connectivity index (χ1n) is 4.64. The van der Waals surface area contributed by atoms with E-state index in [1.165, 1.54) is 0 Å². The van der Waals surface area contributed by atoms with Crippen molar-refractivity contribution >= 4 is 42.3 Å². The summed E-state index contributed by atoms with van der Waals surface area (Å²) >= 11 is 0. The zero-order valence-corrected chi connectivity index (χ0v) is 13.0. The van der Waals surface area contributed by atoms with Crippen LogP contribution in [-0.2, 0) is 24.0 Å². The number of hydrogen-bond donors (Lipinski definition) is 5. The van der Waals surface area contributed by atoms with E-state index in [-0.39, 0.29) is 12.4 Å². The summed E-state index contributed by atoms with van der Waals surface area (Å²) in [6, 6.07) is 0. The highest BCUT2D eigenvalue weighted by molar-refractivity contribution is 5.85. The van der Waals surface area contributed by atoms with E-state index in [1.807, 2.05) is 0 Å². The Hall–Kier alpha value is -2.36. The van der Waals surface area contributed by atoms with Gasteiger partial charge in [0.2, 0.25) is 0 Å². The minimum atomic E-state index is -0.833. The van der Waals surface area contributed by atoms with Crippen molar-refractivity contribution in [3.8, 4) is 0 Å². The zero-order valence-electron chi connectivity index (χ0n) is 12.2. The van der Waals surface area contributed by atoms with Crippen molar-refractivity contribution in [2.24, 2.45) is 0 Å². The first kappa shape index (κ1) is 36.3. The molecule has 21 heavy (non-hydrogen) atoms. The molecule has 0 aromatic rings. The third kappa shape index (κ3) is 775. The fourth-order valence-corrected chi connectivity index (χ4v) is 0. The summed E-state index contributed by atoms with van der Waals surface area (Å²) in [5, 5.41) is 37.1. The second-order valence-corrected chi connectivity index (χ2v) is 2.60. The van der Waals surface area contributed by atoms with Crippen molar-refractivity contribution in [1.82, 2.24) is 0 Å². The summed E-state index contributed by atoms with van der Waals surface area (Å²) in [4.78, 5) is 45.0. The van der Waals surface area contributed by atoms with Crippen LogP contribution in [0.4, 0.5) is 0 Å². The lowest BCUT2D eigenvalue weighted by molar-refractivity contribution is -0.135. The van der Waals surface area contributed by atoms with Gasteiger partial charge in [-0.3, -0.25) is 24.0 Å². The number of rotatable bonds is 0. The van der Waals surface area contributed by atoms with Crippen LogP contribution in [0.1, 0.15) is 34.6 Å². The maximum atomic E-state index is 9.00. The molecular weight excluding hydrogens is 316 g/mol. The van der Waals surface area contributed by atoms with Crippen LogP contribution in [0.2, 0.25) is 0 Å². The lowest BCUT2D eigenvalue weighted by Gasteiger charge is -1.59. The normalized spacial score (nSPS) is 5.95. The molecule has 0 fully saturated rings. The monoisotopic (exact) mass is 336 g/mol. The van der Waals surface area contributed by atoms with Crippen molar-refractivity contribution < 1.29 is 49.5 Å². The Kier molecular flexibility index (Phi) is 52.8. The molecule has 0 spiro atoms. The fourth-order valence-electron chi connectivity index (χ4n) is 0. The van der Waals surface area contributed by atoms with Gasteiger partial charge in [-0.1, -0.05) is 0 Å². The smallest absolute Gasteiger partial charge is 0.300 e. The number of hydrogen-bond acceptors (Lipinski definition) is 5. The molecule has 0 rings (SSSR count). The molecule has 0 aliphatic rings. The van der Waals surface area contributed by atoms with Gasteiger partial charge in [0.25, 0.3) is 29.8 Å². The van der Waals surface area contributed by atoms with Crippen molar-refractivity contribution in [3.63, 3.8) is 0 Å². The van der Waals surface area contributed by atoms with Crippen molar-refractivity contribution in [2.75, 3.05) is 0 Å². The molecule has 0 unspecified atom stereocenters. The molecule has 128 valence electrons. The average Bonchev–Trinajstić information content (AvgIpc) is 1.94. The molecule has 0 amide bonds. The van der Waals surface area contributed by atoms with Gasteiger partial charge in [-0.2, -0.15) is 0 Å². The number of carboxylic acids is 5. The van der Waals surface area contributed by atoms with E-state index >= 15 is 0 Å². The SMILES string of the molecule is CC(=O)O.CC(=O)O.CC(=O)O.CC(=O)O.CC(=O)O.Cl. The van der Waals surface area contributed by atoms with Gasteiger partial charge in [0.15, 0.2) is 0 Å². The van der Waals surface area contributed by atoms with Gasteiger partial charge in [0.05, 0.1) is 0 Å². The maximum Gasteiger partial charge on any atom is 0.300 e. The second-order valence-electron chi connectivity index (χ2n) is 2.60. The molecule has 0 atom stereocenters. The molecule has 0 radical (unpaired) electrons. The van der Waals surface area contributed by atoms with Gasteiger partial charge in [0, 0.05) is 34.6 Å². The summed E-state index contributed by atoms with van der Waals surface area (Å²) in [6.07, 6.45) is 0. The van der Waals surface area contributed by atoms with Crippen LogP contribution in [0.15, 0.2) is 0 Å². The van der Waals surface area contributed by atoms with Gasteiger partial charge < -0.3 is 25.5 Å². The standard InChI is InChI=1S/5C2H4O2.ClH/c5*1-2(3)4;/h5*1H3,(H,3,4);1H. The fraction of sp³-hybridized carbons (Fsp3) is 0.500. The highest BCUT2D eigenvalue weighted by atomic mass is 35.5. The van der Waals surface area contributed by atoms with Crippen LogP contribution in [0.3, 0.4) is 0 Å². The highest BCUT2D eigenvalue weighted by Gasteiger charge is 1.66. The Morgan fingerprint density at radius 1 is 0.429 bits per heavy atom. The predicted octanol–water partition coefficient (Wildman–Crippen LogP) is 0.876. The van der Waals surface area contributed by atoms with E-state index in [4.69, 9.17) is 49.5 Å². The molecule has 10 nitrogen and oxygen atoms in total. The van der Waals surface area contributed by atoms with E-state index in [1.54, 1.807) is 0 Å². The molecule has 0 aromatic carbocycles. The minimum absolute atomic E-state index is 0. The Morgan fingerprint density at radius 3 is 0.429 bits per heavy atom.